The molecular weight excluding hydrogens is 259 g/mol. The highest BCUT2D eigenvalue weighted by Gasteiger charge is 2.05. The van der Waals surface area contributed by atoms with E-state index >= 15 is 0 Å². The number of nitrogens with one attached hydrogen (secondary N) is 1. The molecule has 0 atom stereocenters. The summed E-state index contributed by atoms with van der Waals surface area (Å²) in [4.78, 5) is 0. The van der Waals surface area contributed by atoms with E-state index in [4.69, 9.17) is 27.7 Å². The zero-order chi connectivity index (χ0) is 12.3. The van der Waals surface area contributed by atoms with Crippen LogP contribution in [0.3, 0.4) is 0 Å². The van der Waals surface area contributed by atoms with Crippen molar-refractivity contribution < 1.29 is 4.52 Å². The van der Waals surface area contributed by atoms with Crippen LogP contribution >= 0.6 is 23.2 Å². The van der Waals surface area contributed by atoms with E-state index in [0.717, 1.165) is 17.0 Å². The molecule has 1 heterocycles. The topological polar surface area (TPSA) is 38.1 Å². The van der Waals surface area contributed by atoms with Crippen molar-refractivity contribution in [2.24, 2.45) is 0 Å². The molecule has 0 aliphatic heterocycles. The van der Waals surface area contributed by atoms with Gasteiger partial charge in [0.05, 0.1) is 12.2 Å². The molecule has 0 bridgehead atoms. The smallest absolute Gasteiger partial charge is 0.150 e. The van der Waals surface area contributed by atoms with Crippen LogP contribution in [0.4, 0.5) is 0 Å². The molecule has 1 aromatic carbocycles. The van der Waals surface area contributed by atoms with Crippen molar-refractivity contribution in [1.29, 1.82) is 0 Å². The van der Waals surface area contributed by atoms with E-state index in [1.165, 1.54) is 0 Å². The molecule has 0 unspecified atom stereocenters. The van der Waals surface area contributed by atoms with Crippen LogP contribution in [0.1, 0.15) is 17.0 Å². The lowest BCUT2D eigenvalue weighted by molar-refractivity contribution is 0.369. The van der Waals surface area contributed by atoms with E-state index in [1.807, 2.05) is 31.2 Å². The second-order valence-corrected chi connectivity index (χ2v) is 4.55. The van der Waals surface area contributed by atoms with E-state index in [2.05, 4.69) is 10.5 Å². The number of rotatable bonds is 4. The van der Waals surface area contributed by atoms with Gasteiger partial charge in [0.25, 0.3) is 0 Å². The summed E-state index contributed by atoms with van der Waals surface area (Å²) in [7, 11) is 0. The molecule has 0 amide bonds. The predicted octanol–water partition coefficient (Wildman–Crippen LogP) is 3.58. The van der Waals surface area contributed by atoms with Crippen molar-refractivity contribution in [3.8, 4) is 0 Å². The third-order valence-corrected chi connectivity index (χ3v) is 3.05. The second kappa shape index (κ2) is 5.54. The Bertz CT molecular complexity index is 491. The molecule has 1 N–H and O–H groups in total. The number of hydrogen-bond donors (Lipinski definition) is 1. The normalized spacial score (nSPS) is 10.8. The van der Waals surface area contributed by atoms with Gasteiger partial charge in [-0.1, -0.05) is 34.4 Å². The molecule has 0 radical (unpaired) electrons. The highest BCUT2D eigenvalue weighted by atomic mass is 35.5. The van der Waals surface area contributed by atoms with Crippen molar-refractivity contribution in [2.75, 3.05) is 0 Å². The molecule has 0 fully saturated rings. The minimum atomic E-state index is 0.595. The molecule has 2 rings (SSSR count). The molecule has 17 heavy (non-hydrogen) atoms. The van der Waals surface area contributed by atoms with Gasteiger partial charge in [0.2, 0.25) is 0 Å². The van der Waals surface area contributed by atoms with Gasteiger partial charge in [0.1, 0.15) is 0 Å². The summed E-state index contributed by atoms with van der Waals surface area (Å²) in [6, 6.07) is 7.36. The summed E-state index contributed by atoms with van der Waals surface area (Å²) in [5, 5.41) is 8.35. The van der Waals surface area contributed by atoms with Crippen LogP contribution < -0.4 is 5.32 Å². The van der Waals surface area contributed by atoms with Gasteiger partial charge in [0.15, 0.2) is 5.76 Å². The summed E-state index contributed by atoms with van der Waals surface area (Å²) in [6.45, 7) is 3.08. The molecule has 0 saturated carbocycles. The third-order valence-electron chi connectivity index (χ3n) is 2.34. The van der Waals surface area contributed by atoms with Crippen LogP contribution in [-0.4, -0.2) is 5.16 Å². The first-order valence-corrected chi connectivity index (χ1v) is 5.98. The zero-order valence-corrected chi connectivity index (χ0v) is 10.8. The van der Waals surface area contributed by atoms with Crippen LogP contribution in [0.2, 0.25) is 10.0 Å². The van der Waals surface area contributed by atoms with Crippen molar-refractivity contribution in [3.63, 3.8) is 0 Å². The molecule has 0 spiro atoms. The first kappa shape index (κ1) is 12.4. The van der Waals surface area contributed by atoms with E-state index in [1.54, 1.807) is 0 Å². The Kier molecular flexibility index (Phi) is 4.05. The Morgan fingerprint density at radius 2 is 1.94 bits per heavy atom. The highest BCUT2D eigenvalue weighted by molar-refractivity contribution is 6.35. The lowest BCUT2D eigenvalue weighted by Gasteiger charge is -2.07. The molecule has 1 aromatic heterocycles. The molecule has 0 aliphatic carbocycles. The first-order valence-electron chi connectivity index (χ1n) is 5.22. The number of aromatic nitrogens is 1. The van der Waals surface area contributed by atoms with E-state index < -0.39 is 0 Å². The average Bonchev–Trinajstić information content (AvgIpc) is 2.69. The first-order chi connectivity index (χ1) is 8.16. The van der Waals surface area contributed by atoms with Crippen molar-refractivity contribution >= 4 is 23.2 Å². The Morgan fingerprint density at radius 3 is 2.53 bits per heavy atom. The fraction of sp³-hybridized carbons (Fsp3) is 0.250. The molecule has 90 valence electrons. The number of nitrogens with zero attached hydrogens (tertiary/aromatic N) is 1. The largest absolute Gasteiger partial charge is 0.360 e. The van der Waals surface area contributed by atoms with Crippen LogP contribution in [-0.2, 0) is 13.1 Å². The molecular formula is C12H12Cl2N2O. The lowest BCUT2D eigenvalue weighted by Crippen LogP contribution is -2.12. The van der Waals surface area contributed by atoms with Crippen molar-refractivity contribution in [1.82, 2.24) is 10.5 Å². The number of benzene rings is 1. The maximum atomic E-state index is 6.06. The molecule has 0 saturated heterocycles. The molecule has 5 heteroatoms. The van der Waals surface area contributed by atoms with Gasteiger partial charge in [-0.15, -0.1) is 0 Å². The second-order valence-electron chi connectivity index (χ2n) is 3.74. The standard InChI is InChI=1S/C12H12Cl2N2O/c1-8-5-9(17-16-8)6-15-7-10-11(13)3-2-4-12(10)14/h2-5,15H,6-7H2,1H3. The minimum Gasteiger partial charge on any atom is -0.360 e. The fourth-order valence-electron chi connectivity index (χ4n) is 1.51. The van der Waals surface area contributed by atoms with E-state index in [0.29, 0.717) is 23.1 Å². The van der Waals surface area contributed by atoms with Crippen LogP contribution in [0, 0.1) is 6.92 Å². The summed E-state index contributed by atoms with van der Waals surface area (Å²) < 4.78 is 5.08. The SMILES string of the molecule is Cc1cc(CNCc2c(Cl)cccc2Cl)on1. The Morgan fingerprint density at radius 1 is 1.24 bits per heavy atom. The number of aryl methyl sites for hydroxylation is 1. The van der Waals surface area contributed by atoms with E-state index in [-0.39, 0.29) is 0 Å². The van der Waals surface area contributed by atoms with Gasteiger partial charge in [-0.05, 0) is 19.1 Å². The van der Waals surface area contributed by atoms with Crippen LogP contribution in [0.5, 0.6) is 0 Å². The predicted molar refractivity (Wildman–Crippen MR) is 68.2 cm³/mol. The average molecular weight is 271 g/mol. The van der Waals surface area contributed by atoms with Gasteiger partial charge in [0, 0.05) is 28.2 Å². The minimum absolute atomic E-state index is 0.595. The van der Waals surface area contributed by atoms with Gasteiger partial charge >= 0.3 is 0 Å². The Hall–Kier alpha value is -1.03. The number of hydrogen-bond acceptors (Lipinski definition) is 3. The molecule has 3 nitrogen and oxygen atoms in total. The maximum Gasteiger partial charge on any atom is 0.150 e. The molecule has 2 aromatic rings. The highest BCUT2D eigenvalue weighted by Crippen LogP contribution is 2.23. The summed E-state index contributed by atoms with van der Waals surface area (Å²) in [5.41, 5.74) is 1.77. The van der Waals surface area contributed by atoms with E-state index in [9.17, 15) is 0 Å². The van der Waals surface area contributed by atoms with Gasteiger partial charge < -0.3 is 9.84 Å². The van der Waals surface area contributed by atoms with Gasteiger partial charge in [-0.3, -0.25) is 0 Å². The Balaban J connectivity index is 1.94. The maximum absolute atomic E-state index is 6.06. The quantitative estimate of drug-likeness (QED) is 0.923. The van der Waals surface area contributed by atoms with Gasteiger partial charge in [-0.25, -0.2) is 0 Å². The van der Waals surface area contributed by atoms with Crippen LogP contribution in [0.25, 0.3) is 0 Å². The summed E-state index contributed by atoms with van der Waals surface area (Å²) in [6.07, 6.45) is 0. The van der Waals surface area contributed by atoms with Gasteiger partial charge in [-0.2, -0.15) is 0 Å². The van der Waals surface area contributed by atoms with Crippen LogP contribution in [0.15, 0.2) is 28.8 Å². The third kappa shape index (κ3) is 3.22. The number of halogens is 2. The molecule has 0 aliphatic rings. The summed E-state index contributed by atoms with van der Waals surface area (Å²) in [5.74, 6) is 0.797. The lowest BCUT2D eigenvalue weighted by atomic mass is 10.2. The zero-order valence-electron chi connectivity index (χ0n) is 9.34. The monoisotopic (exact) mass is 270 g/mol. The Labute approximate surface area is 110 Å². The summed E-state index contributed by atoms with van der Waals surface area (Å²) >= 11 is 12.1. The van der Waals surface area contributed by atoms with Crippen molar-refractivity contribution in [3.05, 3.63) is 51.3 Å². The van der Waals surface area contributed by atoms with Crippen molar-refractivity contribution in [2.45, 2.75) is 20.0 Å². The fourth-order valence-corrected chi connectivity index (χ4v) is 2.04.